The molecule has 1 aromatic heterocycles. The smallest absolute Gasteiger partial charge is 0.455 e. The monoisotopic (exact) mass is 470 g/mol. The van der Waals surface area contributed by atoms with E-state index in [1.807, 2.05) is 12.1 Å². The highest BCUT2D eigenvalue weighted by molar-refractivity contribution is 6.65. The first-order chi connectivity index (χ1) is 17.3. The number of fused-ring (bicyclic) bond motifs is 5. The van der Waals surface area contributed by atoms with Crippen molar-refractivity contribution in [2.24, 2.45) is 0 Å². The van der Waals surface area contributed by atoms with Crippen LogP contribution in [0, 0.1) is 0 Å². The minimum atomic E-state index is -0.457. The Balaban J connectivity index is 1.56. The van der Waals surface area contributed by atoms with Crippen LogP contribution in [0.25, 0.3) is 54.6 Å². The van der Waals surface area contributed by atoms with Crippen molar-refractivity contribution in [3.8, 4) is 11.1 Å². The van der Waals surface area contributed by atoms with Gasteiger partial charge in [-0.05, 0) is 78.5 Å². The van der Waals surface area contributed by atoms with Crippen molar-refractivity contribution < 1.29 is 13.7 Å². The molecule has 176 valence electrons. The first kappa shape index (κ1) is 21.7. The zero-order valence-electron chi connectivity index (χ0n) is 21.0. The maximum Gasteiger partial charge on any atom is 0.495 e. The van der Waals surface area contributed by atoms with Gasteiger partial charge in [-0.15, -0.1) is 0 Å². The molecule has 2 heterocycles. The third-order valence-electron chi connectivity index (χ3n) is 8.08. The molecule has 0 N–H and O–H groups in total. The molecular weight excluding hydrogens is 443 g/mol. The highest BCUT2D eigenvalue weighted by Gasteiger charge is 2.52. The molecule has 0 atom stereocenters. The van der Waals surface area contributed by atoms with Crippen LogP contribution in [0.5, 0.6) is 0 Å². The van der Waals surface area contributed by atoms with Gasteiger partial charge >= 0.3 is 7.12 Å². The molecule has 0 unspecified atom stereocenters. The van der Waals surface area contributed by atoms with E-state index < -0.39 is 18.3 Å². The largest absolute Gasteiger partial charge is 0.495 e. The van der Waals surface area contributed by atoms with Crippen molar-refractivity contribution in [3.63, 3.8) is 0 Å². The van der Waals surface area contributed by atoms with Crippen LogP contribution in [-0.2, 0) is 9.31 Å². The van der Waals surface area contributed by atoms with E-state index >= 15 is 0 Å². The van der Waals surface area contributed by atoms with E-state index in [9.17, 15) is 0 Å². The summed E-state index contributed by atoms with van der Waals surface area (Å²) in [6.07, 6.45) is 0. The summed E-state index contributed by atoms with van der Waals surface area (Å²) in [5.41, 5.74) is 4.21. The topological polar surface area (TPSA) is 31.6 Å². The fourth-order valence-electron chi connectivity index (χ4n) is 5.46. The van der Waals surface area contributed by atoms with E-state index in [-0.39, 0.29) is 0 Å². The standard InChI is InChI=1S/C32H27BO3/c1-31(2)32(3,4)36-33(35-31)27-19-22(17-20-11-5-7-13-23(20)27)29-24-14-8-6-12-21(24)18-26-25-15-9-10-16-28(25)34-30(26)29/h5-19H,1-4H3. The highest BCUT2D eigenvalue weighted by atomic mass is 16.7. The maximum absolute atomic E-state index is 6.53. The Kier molecular flexibility index (Phi) is 4.49. The van der Waals surface area contributed by atoms with Gasteiger partial charge in [-0.1, -0.05) is 72.8 Å². The number of hydrogen-bond acceptors (Lipinski definition) is 3. The van der Waals surface area contributed by atoms with E-state index in [0.29, 0.717) is 0 Å². The third kappa shape index (κ3) is 3.08. The highest BCUT2D eigenvalue weighted by Crippen LogP contribution is 2.42. The first-order valence-electron chi connectivity index (χ1n) is 12.5. The fraction of sp³-hybridized carbons (Fsp3) is 0.188. The molecule has 3 nitrogen and oxygen atoms in total. The average Bonchev–Trinajstić information content (AvgIpc) is 3.34. The summed E-state index contributed by atoms with van der Waals surface area (Å²) in [5.74, 6) is 0. The lowest BCUT2D eigenvalue weighted by Crippen LogP contribution is -2.41. The van der Waals surface area contributed by atoms with Crippen LogP contribution in [0.15, 0.2) is 95.4 Å². The molecule has 0 amide bonds. The van der Waals surface area contributed by atoms with Gasteiger partial charge in [0.25, 0.3) is 0 Å². The van der Waals surface area contributed by atoms with Crippen molar-refractivity contribution in [3.05, 3.63) is 91.0 Å². The molecule has 4 heteroatoms. The summed E-state index contributed by atoms with van der Waals surface area (Å²) < 4.78 is 19.6. The van der Waals surface area contributed by atoms with Crippen LogP contribution in [-0.4, -0.2) is 18.3 Å². The first-order valence-corrected chi connectivity index (χ1v) is 12.5. The molecular formula is C32H27BO3. The van der Waals surface area contributed by atoms with Gasteiger partial charge in [0, 0.05) is 16.3 Å². The molecule has 0 bridgehead atoms. The summed E-state index contributed by atoms with van der Waals surface area (Å²) in [6, 6.07) is 32.0. The van der Waals surface area contributed by atoms with Crippen molar-refractivity contribution >= 4 is 56.1 Å². The average molecular weight is 470 g/mol. The zero-order valence-corrected chi connectivity index (χ0v) is 21.0. The van der Waals surface area contributed by atoms with E-state index in [1.165, 1.54) is 10.8 Å². The van der Waals surface area contributed by atoms with Gasteiger partial charge in [0.15, 0.2) is 0 Å². The van der Waals surface area contributed by atoms with Crippen LogP contribution in [0.4, 0.5) is 0 Å². The molecule has 1 aliphatic rings. The maximum atomic E-state index is 6.53. The number of furan rings is 1. The lowest BCUT2D eigenvalue weighted by atomic mass is 9.74. The molecule has 6 aromatic rings. The molecule has 5 aromatic carbocycles. The minimum absolute atomic E-state index is 0.416. The van der Waals surface area contributed by atoms with Gasteiger partial charge < -0.3 is 13.7 Å². The molecule has 1 fully saturated rings. The van der Waals surface area contributed by atoms with Crippen LogP contribution < -0.4 is 5.46 Å². The predicted octanol–water partition coefficient (Wildman–Crippen LogP) is 7.86. The second kappa shape index (κ2) is 7.46. The normalized spacial score (nSPS) is 17.1. The van der Waals surface area contributed by atoms with E-state index in [1.54, 1.807) is 0 Å². The number of para-hydroxylation sites is 1. The summed E-state index contributed by atoms with van der Waals surface area (Å²) in [7, 11) is -0.457. The Hall–Kier alpha value is -3.60. The quantitative estimate of drug-likeness (QED) is 0.242. The Morgan fingerprint density at radius 1 is 0.583 bits per heavy atom. The zero-order chi connectivity index (χ0) is 24.7. The Morgan fingerprint density at radius 3 is 1.89 bits per heavy atom. The molecule has 36 heavy (non-hydrogen) atoms. The molecule has 0 aliphatic carbocycles. The number of benzene rings is 5. The molecule has 0 radical (unpaired) electrons. The lowest BCUT2D eigenvalue weighted by Gasteiger charge is -2.32. The summed E-state index contributed by atoms with van der Waals surface area (Å²) in [6.45, 7) is 8.40. The lowest BCUT2D eigenvalue weighted by molar-refractivity contribution is 0.00578. The van der Waals surface area contributed by atoms with Crippen molar-refractivity contribution in [1.82, 2.24) is 0 Å². The summed E-state index contributed by atoms with van der Waals surface area (Å²) in [5, 5.41) is 6.91. The predicted molar refractivity (Wildman–Crippen MR) is 150 cm³/mol. The van der Waals surface area contributed by atoms with Gasteiger partial charge in [0.1, 0.15) is 11.2 Å². The van der Waals surface area contributed by atoms with Crippen LogP contribution in [0.2, 0.25) is 0 Å². The van der Waals surface area contributed by atoms with Crippen LogP contribution in [0.1, 0.15) is 27.7 Å². The molecule has 1 saturated heterocycles. The third-order valence-corrected chi connectivity index (χ3v) is 8.08. The Morgan fingerprint density at radius 2 is 1.17 bits per heavy atom. The molecule has 1 aliphatic heterocycles. The van der Waals surface area contributed by atoms with Gasteiger partial charge in [-0.2, -0.15) is 0 Å². The minimum Gasteiger partial charge on any atom is -0.455 e. The van der Waals surface area contributed by atoms with E-state index in [0.717, 1.165) is 49.3 Å². The van der Waals surface area contributed by atoms with E-state index in [2.05, 4.69) is 107 Å². The van der Waals surface area contributed by atoms with E-state index in [4.69, 9.17) is 13.7 Å². The second-order valence-corrected chi connectivity index (χ2v) is 10.8. The van der Waals surface area contributed by atoms with Crippen molar-refractivity contribution in [2.45, 2.75) is 38.9 Å². The van der Waals surface area contributed by atoms with Crippen molar-refractivity contribution in [2.75, 3.05) is 0 Å². The van der Waals surface area contributed by atoms with Crippen LogP contribution >= 0.6 is 0 Å². The van der Waals surface area contributed by atoms with Crippen LogP contribution in [0.3, 0.4) is 0 Å². The van der Waals surface area contributed by atoms with Gasteiger partial charge in [0.05, 0.1) is 11.2 Å². The molecule has 7 rings (SSSR count). The van der Waals surface area contributed by atoms with Gasteiger partial charge in [-0.3, -0.25) is 0 Å². The molecule has 0 spiro atoms. The summed E-state index contributed by atoms with van der Waals surface area (Å²) >= 11 is 0. The Bertz CT molecular complexity index is 1800. The number of rotatable bonds is 2. The fourth-order valence-corrected chi connectivity index (χ4v) is 5.46. The molecule has 0 saturated carbocycles. The van der Waals surface area contributed by atoms with Gasteiger partial charge in [-0.25, -0.2) is 0 Å². The SMILES string of the molecule is CC1(C)OB(c2cc(-c3c4ccccc4cc4c3oc3ccccc34)cc3ccccc23)OC1(C)C. The second-order valence-electron chi connectivity index (χ2n) is 10.8. The van der Waals surface area contributed by atoms with Gasteiger partial charge in [0.2, 0.25) is 0 Å². The number of hydrogen-bond donors (Lipinski definition) is 0. The summed E-state index contributed by atoms with van der Waals surface area (Å²) in [4.78, 5) is 0. The van der Waals surface area contributed by atoms with Crippen molar-refractivity contribution in [1.29, 1.82) is 0 Å². The Labute approximate surface area is 210 Å².